The molecule has 0 aromatic heterocycles. The minimum Gasteiger partial charge on any atom is -0.290 e. The Morgan fingerprint density at radius 1 is 0.706 bits per heavy atom. The van der Waals surface area contributed by atoms with Crippen LogP contribution in [0.25, 0.3) is 0 Å². The first kappa shape index (κ1) is 27.5. The topological polar surface area (TPSA) is 71.1 Å². The molecule has 0 aliphatic heterocycles. The van der Waals surface area contributed by atoms with E-state index in [-0.39, 0.29) is 16.7 Å². The van der Waals surface area contributed by atoms with Crippen molar-refractivity contribution in [3.63, 3.8) is 0 Å². The Morgan fingerprint density at radius 3 is 1.35 bits per heavy atom. The summed E-state index contributed by atoms with van der Waals surface area (Å²) in [6, 6.07) is 14.3. The molecular weight excluding hydrogens is 432 g/mol. The van der Waals surface area contributed by atoms with Crippen molar-refractivity contribution in [2.24, 2.45) is 5.92 Å². The molecule has 2 aromatic rings. The minimum absolute atomic E-state index is 0.0227. The average molecular weight is 471 g/mol. The van der Waals surface area contributed by atoms with Gasteiger partial charge in [-0.05, 0) is 52.1 Å². The predicted octanol–water partition coefficient (Wildman–Crippen LogP) is 6.92. The highest BCUT2D eigenvalue weighted by Crippen LogP contribution is 2.24. The average Bonchev–Trinajstić information content (AvgIpc) is 2.79. The molecule has 0 aliphatic rings. The molecule has 0 spiro atoms. The first-order valence-corrected chi connectivity index (χ1v) is 11.8. The van der Waals surface area contributed by atoms with Gasteiger partial charge in [0.25, 0.3) is 0 Å². The van der Waals surface area contributed by atoms with Crippen molar-refractivity contribution in [3.05, 3.63) is 70.8 Å². The maximum atomic E-state index is 12.4. The van der Waals surface area contributed by atoms with Crippen LogP contribution in [-0.4, -0.2) is 18.2 Å². The van der Waals surface area contributed by atoms with E-state index in [1.807, 2.05) is 38.1 Å². The summed E-state index contributed by atoms with van der Waals surface area (Å²) in [5.74, 6) is -1.11. The third kappa shape index (κ3) is 8.26. The van der Waals surface area contributed by atoms with Crippen LogP contribution in [-0.2, 0) is 30.4 Å². The van der Waals surface area contributed by atoms with Crippen LogP contribution in [0.15, 0.2) is 48.5 Å². The molecule has 6 heteroatoms. The zero-order chi connectivity index (χ0) is 25.5. The van der Waals surface area contributed by atoms with Crippen LogP contribution < -0.4 is 0 Å². The molecule has 0 aliphatic carbocycles. The van der Waals surface area contributed by atoms with Crippen LogP contribution in [0.4, 0.5) is 0 Å². The molecule has 2 aromatic carbocycles. The number of rotatable bonds is 9. The van der Waals surface area contributed by atoms with Crippen LogP contribution in [0.5, 0.6) is 0 Å². The van der Waals surface area contributed by atoms with Gasteiger partial charge in [0.15, 0.2) is 0 Å². The van der Waals surface area contributed by atoms with Gasteiger partial charge in [0.05, 0.1) is 11.1 Å². The summed E-state index contributed by atoms with van der Waals surface area (Å²) >= 11 is 0. The van der Waals surface area contributed by atoms with Crippen molar-refractivity contribution >= 4 is 11.9 Å². The lowest BCUT2D eigenvalue weighted by molar-refractivity contribution is -0.423. The molecule has 6 nitrogen and oxygen atoms in total. The van der Waals surface area contributed by atoms with Gasteiger partial charge >= 0.3 is 11.9 Å². The predicted molar refractivity (Wildman–Crippen MR) is 131 cm³/mol. The van der Waals surface area contributed by atoms with Crippen LogP contribution >= 0.6 is 0 Å². The Balaban J connectivity index is 1.98. The molecule has 186 valence electrons. The van der Waals surface area contributed by atoms with E-state index in [0.29, 0.717) is 17.5 Å². The summed E-state index contributed by atoms with van der Waals surface area (Å²) in [4.78, 5) is 45.3. The molecule has 1 atom stereocenters. The highest BCUT2D eigenvalue weighted by Gasteiger charge is 2.23. The van der Waals surface area contributed by atoms with Crippen LogP contribution in [0.3, 0.4) is 0 Å². The zero-order valence-electron chi connectivity index (χ0n) is 21.6. The second kappa shape index (κ2) is 11.6. The van der Waals surface area contributed by atoms with E-state index in [9.17, 15) is 9.59 Å². The van der Waals surface area contributed by atoms with Gasteiger partial charge in [-0.3, -0.25) is 9.78 Å². The number of hydrogen-bond donors (Lipinski definition) is 0. The molecular formula is C28H38O6. The quantitative estimate of drug-likeness (QED) is 0.225. The number of hydrogen-bond acceptors (Lipinski definition) is 6. The highest BCUT2D eigenvalue weighted by molar-refractivity contribution is 5.89. The van der Waals surface area contributed by atoms with E-state index in [2.05, 4.69) is 41.5 Å². The summed E-state index contributed by atoms with van der Waals surface area (Å²) in [6.45, 7) is 16.6. The fourth-order valence-corrected chi connectivity index (χ4v) is 3.09. The van der Waals surface area contributed by atoms with Crippen molar-refractivity contribution in [1.82, 2.24) is 0 Å². The molecule has 1 unspecified atom stereocenters. The van der Waals surface area contributed by atoms with E-state index in [4.69, 9.17) is 19.6 Å². The Labute approximate surface area is 203 Å². The van der Waals surface area contributed by atoms with E-state index < -0.39 is 18.2 Å². The van der Waals surface area contributed by atoms with E-state index in [1.54, 1.807) is 24.3 Å². The van der Waals surface area contributed by atoms with Crippen molar-refractivity contribution in [2.45, 2.75) is 85.4 Å². The Kier molecular flexibility index (Phi) is 9.42. The van der Waals surface area contributed by atoms with Gasteiger partial charge in [-0.1, -0.05) is 86.1 Å². The van der Waals surface area contributed by atoms with Gasteiger partial charge in [-0.25, -0.2) is 9.59 Å². The fraction of sp³-hybridized carbons (Fsp3) is 0.500. The number of benzene rings is 2. The van der Waals surface area contributed by atoms with Crippen molar-refractivity contribution in [2.75, 3.05) is 0 Å². The second-order valence-electron chi connectivity index (χ2n) is 10.8. The first-order valence-electron chi connectivity index (χ1n) is 11.8. The Bertz CT molecular complexity index is 859. The van der Waals surface area contributed by atoms with E-state index in [0.717, 1.165) is 17.5 Å². The Hall–Kier alpha value is -2.70. The third-order valence-electron chi connectivity index (χ3n) is 5.73. The third-order valence-corrected chi connectivity index (χ3v) is 5.73. The molecule has 0 saturated carbocycles. The van der Waals surface area contributed by atoms with Crippen molar-refractivity contribution < 1.29 is 29.1 Å². The summed E-state index contributed by atoms with van der Waals surface area (Å²) in [7, 11) is 0. The molecule has 0 N–H and O–H groups in total. The van der Waals surface area contributed by atoms with Gasteiger partial charge in [0.1, 0.15) is 0 Å². The second-order valence-corrected chi connectivity index (χ2v) is 10.8. The maximum absolute atomic E-state index is 12.4. The lowest BCUT2D eigenvalue weighted by Gasteiger charge is -2.20. The summed E-state index contributed by atoms with van der Waals surface area (Å²) in [5.41, 5.74) is 2.86. The van der Waals surface area contributed by atoms with E-state index in [1.165, 1.54) is 0 Å². The highest BCUT2D eigenvalue weighted by atomic mass is 17.3. The molecule has 0 heterocycles. The fourth-order valence-electron chi connectivity index (χ4n) is 3.09. The zero-order valence-corrected chi connectivity index (χ0v) is 21.6. The largest absolute Gasteiger partial charge is 0.373 e. The van der Waals surface area contributed by atoms with Gasteiger partial charge in [-0.2, -0.15) is 0 Å². The molecule has 34 heavy (non-hydrogen) atoms. The molecule has 0 fully saturated rings. The first-order chi connectivity index (χ1) is 15.8. The lowest BCUT2D eigenvalue weighted by Crippen LogP contribution is -2.24. The standard InChI is InChI=1S/C28H38O6/c1-9-19(2)18-24(31-33-25(29)20-10-14-22(15-11-20)27(3,4)5)32-34-26(30)21-12-16-23(17-13-21)28(6,7)8/h10-17,19,24H,9,18H2,1-8H3. The molecule has 0 radical (unpaired) electrons. The van der Waals surface area contributed by atoms with Gasteiger partial charge < -0.3 is 0 Å². The normalized spacial score (nSPS) is 13.0. The molecule has 0 saturated heterocycles. The SMILES string of the molecule is CCC(C)CC(OOC(=O)c1ccc(C(C)(C)C)cc1)OOC(=O)c1ccc(C(C)(C)C)cc1. The minimum atomic E-state index is -1.05. The molecule has 0 bridgehead atoms. The summed E-state index contributed by atoms with van der Waals surface area (Å²) < 4.78 is 0. The summed E-state index contributed by atoms with van der Waals surface area (Å²) in [6.07, 6.45) is 0.182. The lowest BCUT2D eigenvalue weighted by atomic mass is 9.87. The molecule has 2 rings (SSSR count). The van der Waals surface area contributed by atoms with Gasteiger partial charge in [0, 0.05) is 6.42 Å². The van der Waals surface area contributed by atoms with Gasteiger partial charge in [-0.15, -0.1) is 9.78 Å². The number of carbonyl (C=O) groups excluding carboxylic acids is 2. The van der Waals surface area contributed by atoms with Crippen LogP contribution in [0.1, 0.15) is 100 Å². The van der Waals surface area contributed by atoms with Crippen LogP contribution in [0.2, 0.25) is 0 Å². The maximum Gasteiger partial charge on any atom is 0.373 e. The molecule has 0 amide bonds. The summed E-state index contributed by atoms with van der Waals surface area (Å²) in [5, 5.41) is 0. The Morgan fingerprint density at radius 2 is 1.06 bits per heavy atom. The van der Waals surface area contributed by atoms with Crippen molar-refractivity contribution in [3.8, 4) is 0 Å². The smallest absolute Gasteiger partial charge is 0.290 e. The van der Waals surface area contributed by atoms with Gasteiger partial charge in [0.2, 0.25) is 6.29 Å². The van der Waals surface area contributed by atoms with Crippen molar-refractivity contribution in [1.29, 1.82) is 0 Å². The van der Waals surface area contributed by atoms with Crippen LogP contribution in [0, 0.1) is 5.92 Å². The van der Waals surface area contributed by atoms with E-state index >= 15 is 0 Å². The monoisotopic (exact) mass is 470 g/mol. The number of carbonyl (C=O) groups is 2.